The molecular formula is C19H23ClN2O4S. The number of ether oxygens (including phenoxy) is 1. The topological polar surface area (TPSA) is 75.7 Å². The molecule has 0 fully saturated rings. The van der Waals surface area contributed by atoms with Crippen LogP contribution in [0.2, 0.25) is 5.02 Å². The van der Waals surface area contributed by atoms with E-state index in [0.717, 1.165) is 21.9 Å². The third-order valence-corrected chi connectivity index (χ3v) is 5.47. The molecule has 0 saturated carbocycles. The Labute approximate surface area is 165 Å². The van der Waals surface area contributed by atoms with Crippen LogP contribution in [-0.4, -0.2) is 34.2 Å². The third-order valence-electron chi connectivity index (χ3n) is 4.11. The van der Waals surface area contributed by atoms with Gasteiger partial charge < -0.3 is 10.1 Å². The number of hydrogen-bond donors (Lipinski definition) is 1. The molecular weight excluding hydrogens is 388 g/mol. The van der Waals surface area contributed by atoms with Crippen molar-refractivity contribution in [3.8, 4) is 5.75 Å². The zero-order valence-corrected chi connectivity index (χ0v) is 17.3. The van der Waals surface area contributed by atoms with Gasteiger partial charge in [-0.15, -0.1) is 0 Å². The van der Waals surface area contributed by atoms with Gasteiger partial charge in [-0.2, -0.15) is 0 Å². The molecule has 1 N–H and O–H groups in total. The molecule has 0 unspecified atom stereocenters. The average molecular weight is 411 g/mol. The standard InChI is InChI=1S/C19H23ClN2O4S/c1-13-11-16(20)7-10-18(13)22(27(4,24)25)12-19(23)21-14(2)15-5-8-17(26-3)9-6-15/h5-11,14H,12H2,1-4H3,(H,21,23)/t14-/m1/s1. The smallest absolute Gasteiger partial charge is 0.241 e. The number of aryl methyl sites for hydroxylation is 1. The summed E-state index contributed by atoms with van der Waals surface area (Å²) in [4.78, 5) is 12.5. The number of halogens is 1. The van der Waals surface area contributed by atoms with E-state index in [2.05, 4.69) is 5.32 Å². The summed E-state index contributed by atoms with van der Waals surface area (Å²) >= 11 is 5.94. The van der Waals surface area contributed by atoms with Crippen molar-refractivity contribution in [2.24, 2.45) is 0 Å². The lowest BCUT2D eigenvalue weighted by Crippen LogP contribution is -2.41. The number of anilines is 1. The lowest BCUT2D eigenvalue weighted by molar-refractivity contribution is -0.120. The second-order valence-electron chi connectivity index (χ2n) is 6.26. The molecule has 0 aliphatic heterocycles. The van der Waals surface area contributed by atoms with Crippen molar-refractivity contribution >= 4 is 33.2 Å². The van der Waals surface area contributed by atoms with Crippen LogP contribution in [0, 0.1) is 6.92 Å². The van der Waals surface area contributed by atoms with E-state index < -0.39 is 15.9 Å². The van der Waals surface area contributed by atoms with E-state index in [4.69, 9.17) is 16.3 Å². The van der Waals surface area contributed by atoms with Gasteiger partial charge >= 0.3 is 0 Å². The van der Waals surface area contributed by atoms with Crippen molar-refractivity contribution in [2.75, 3.05) is 24.2 Å². The maximum Gasteiger partial charge on any atom is 0.241 e. The van der Waals surface area contributed by atoms with Crippen LogP contribution in [-0.2, 0) is 14.8 Å². The van der Waals surface area contributed by atoms with Crippen molar-refractivity contribution in [3.05, 3.63) is 58.6 Å². The van der Waals surface area contributed by atoms with Crippen LogP contribution < -0.4 is 14.4 Å². The summed E-state index contributed by atoms with van der Waals surface area (Å²) in [6, 6.07) is 11.9. The summed E-state index contributed by atoms with van der Waals surface area (Å²) in [7, 11) is -2.06. The van der Waals surface area contributed by atoms with Crippen LogP contribution in [0.1, 0.15) is 24.1 Å². The van der Waals surface area contributed by atoms with Crippen LogP contribution in [0.25, 0.3) is 0 Å². The summed E-state index contributed by atoms with van der Waals surface area (Å²) in [5.74, 6) is 0.317. The summed E-state index contributed by atoms with van der Waals surface area (Å²) < 4.78 is 30.7. The predicted octanol–water partition coefficient (Wildman–Crippen LogP) is 3.30. The summed E-state index contributed by atoms with van der Waals surface area (Å²) in [6.45, 7) is 3.26. The van der Waals surface area contributed by atoms with Crippen molar-refractivity contribution < 1.29 is 17.9 Å². The van der Waals surface area contributed by atoms with Crippen LogP contribution in [0.5, 0.6) is 5.75 Å². The van der Waals surface area contributed by atoms with E-state index in [9.17, 15) is 13.2 Å². The number of carbonyl (C=O) groups is 1. The van der Waals surface area contributed by atoms with Crippen LogP contribution in [0.15, 0.2) is 42.5 Å². The van der Waals surface area contributed by atoms with Crippen LogP contribution in [0.4, 0.5) is 5.69 Å². The molecule has 2 rings (SSSR count). The molecule has 0 radical (unpaired) electrons. The van der Waals surface area contributed by atoms with Crippen molar-refractivity contribution in [1.82, 2.24) is 5.32 Å². The molecule has 0 aliphatic carbocycles. The highest BCUT2D eigenvalue weighted by atomic mass is 35.5. The number of sulfonamides is 1. The molecule has 8 heteroatoms. The molecule has 0 aliphatic rings. The third kappa shape index (κ3) is 5.61. The molecule has 2 aromatic rings. The van der Waals surface area contributed by atoms with Gasteiger partial charge in [-0.25, -0.2) is 8.42 Å². The van der Waals surface area contributed by atoms with Gasteiger partial charge in [0.05, 0.1) is 25.1 Å². The predicted molar refractivity (Wildman–Crippen MR) is 108 cm³/mol. The molecule has 1 amide bonds. The van der Waals surface area contributed by atoms with E-state index in [1.807, 2.05) is 19.1 Å². The number of hydrogen-bond acceptors (Lipinski definition) is 4. The minimum atomic E-state index is -3.64. The minimum Gasteiger partial charge on any atom is -0.497 e. The average Bonchev–Trinajstić information content (AvgIpc) is 2.59. The van der Waals surface area contributed by atoms with Crippen molar-refractivity contribution in [3.63, 3.8) is 0 Å². The second kappa shape index (κ2) is 8.63. The lowest BCUT2D eigenvalue weighted by Gasteiger charge is -2.25. The quantitative estimate of drug-likeness (QED) is 0.759. The second-order valence-corrected chi connectivity index (χ2v) is 8.61. The molecule has 27 heavy (non-hydrogen) atoms. The monoisotopic (exact) mass is 410 g/mol. The summed E-state index contributed by atoms with van der Waals surface area (Å²) in [6.07, 6.45) is 1.07. The summed E-state index contributed by atoms with van der Waals surface area (Å²) in [5.41, 5.74) is 1.98. The van der Waals surface area contributed by atoms with E-state index in [1.54, 1.807) is 44.4 Å². The van der Waals surface area contributed by atoms with Gasteiger partial charge in [-0.3, -0.25) is 9.10 Å². The Bertz CT molecular complexity index is 914. The molecule has 0 bridgehead atoms. The number of benzene rings is 2. The van der Waals surface area contributed by atoms with Crippen LogP contribution in [0.3, 0.4) is 0 Å². The lowest BCUT2D eigenvalue weighted by atomic mass is 10.1. The molecule has 0 spiro atoms. The number of nitrogens with one attached hydrogen (secondary N) is 1. The first kappa shape index (κ1) is 21.1. The van der Waals surface area contributed by atoms with E-state index >= 15 is 0 Å². The largest absolute Gasteiger partial charge is 0.497 e. The Kier molecular flexibility index (Phi) is 6.73. The van der Waals surface area contributed by atoms with Gasteiger partial charge in [0.25, 0.3) is 0 Å². The van der Waals surface area contributed by atoms with E-state index in [0.29, 0.717) is 16.3 Å². The Balaban J connectivity index is 2.16. The molecule has 6 nitrogen and oxygen atoms in total. The molecule has 1 atom stereocenters. The Morgan fingerprint density at radius 2 is 1.85 bits per heavy atom. The van der Waals surface area contributed by atoms with Gasteiger partial charge in [0.15, 0.2) is 0 Å². The number of amides is 1. The van der Waals surface area contributed by atoms with Gasteiger partial charge in [0.1, 0.15) is 12.3 Å². The first-order valence-electron chi connectivity index (χ1n) is 8.29. The van der Waals surface area contributed by atoms with E-state index in [1.165, 1.54) is 0 Å². The number of nitrogens with zero attached hydrogens (tertiary/aromatic N) is 1. The molecule has 146 valence electrons. The van der Waals surface area contributed by atoms with E-state index in [-0.39, 0.29) is 12.6 Å². The SMILES string of the molecule is COc1ccc([C@@H](C)NC(=O)CN(c2ccc(Cl)cc2C)S(C)(=O)=O)cc1. The molecule has 0 heterocycles. The fourth-order valence-electron chi connectivity index (χ4n) is 2.67. The fraction of sp³-hybridized carbons (Fsp3) is 0.316. The number of carbonyl (C=O) groups excluding carboxylic acids is 1. The normalized spacial score (nSPS) is 12.3. The first-order valence-corrected chi connectivity index (χ1v) is 10.5. The Morgan fingerprint density at radius 3 is 2.37 bits per heavy atom. The van der Waals surface area contributed by atoms with Crippen molar-refractivity contribution in [1.29, 1.82) is 0 Å². The minimum absolute atomic E-state index is 0.281. The maximum absolute atomic E-state index is 12.5. The van der Waals surface area contributed by atoms with Gasteiger partial charge in [-0.1, -0.05) is 23.7 Å². The van der Waals surface area contributed by atoms with Gasteiger partial charge in [-0.05, 0) is 55.3 Å². The maximum atomic E-state index is 12.5. The number of methoxy groups -OCH3 is 1. The van der Waals surface area contributed by atoms with Crippen LogP contribution >= 0.6 is 11.6 Å². The zero-order chi connectivity index (χ0) is 20.2. The molecule has 2 aromatic carbocycles. The molecule has 0 saturated heterocycles. The Morgan fingerprint density at radius 1 is 1.22 bits per heavy atom. The zero-order valence-electron chi connectivity index (χ0n) is 15.7. The van der Waals surface area contributed by atoms with Crippen molar-refractivity contribution in [2.45, 2.75) is 19.9 Å². The first-order chi connectivity index (χ1) is 12.6. The van der Waals surface area contributed by atoms with Gasteiger partial charge in [0, 0.05) is 5.02 Å². The molecule has 0 aromatic heterocycles. The highest BCUT2D eigenvalue weighted by Gasteiger charge is 2.23. The fourth-order valence-corrected chi connectivity index (χ4v) is 3.81. The highest BCUT2D eigenvalue weighted by molar-refractivity contribution is 7.92. The highest BCUT2D eigenvalue weighted by Crippen LogP contribution is 2.25. The summed E-state index contributed by atoms with van der Waals surface area (Å²) in [5, 5.41) is 3.33. The Hall–Kier alpha value is -2.25. The number of rotatable bonds is 7. The van der Waals surface area contributed by atoms with Gasteiger partial charge in [0.2, 0.25) is 15.9 Å².